The molecule has 1 amide bonds. The Labute approximate surface area is 191 Å². The third-order valence-corrected chi connectivity index (χ3v) is 7.25. The molecule has 0 heterocycles. The number of ether oxygens (including phenoxy) is 2. The first-order valence-corrected chi connectivity index (χ1v) is 11.9. The van der Waals surface area contributed by atoms with E-state index in [9.17, 15) is 13.2 Å². The monoisotopic (exact) mass is 460 g/mol. The number of benzene rings is 2. The van der Waals surface area contributed by atoms with E-state index in [1.165, 1.54) is 17.5 Å². The maximum Gasteiger partial charge on any atom is 0.262 e. The van der Waals surface area contributed by atoms with E-state index in [0.29, 0.717) is 36.7 Å². The first kappa shape index (κ1) is 25.4. The number of nitrogens with one attached hydrogen (secondary N) is 1. The lowest BCUT2D eigenvalue weighted by Gasteiger charge is -2.20. The maximum absolute atomic E-state index is 12.9. The zero-order chi connectivity index (χ0) is 23.9. The van der Waals surface area contributed by atoms with E-state index in [-0.39, 0.29) is 11.5 Å². The number of allylic oxidation sites excluding steroid dienone is 1. The second-order valence-electron chi connectivity index (χ2n) is 7.32. The summed E-state index contributed by atoms with van der Waals surface area (Å²) < 4.78 is 38.2. The number of carbonyl (C=O) groups is 1. The summed E-state index contributed by atoms with van der Waals surface area (Å²) in [6.07, 6.45) is 2.49. The number of rotatable bonds is 11. The van der Waals surface area contributed by atoms with Gasteiger partial charge in [-0.2, -0.15) is 4.31 Å². The van der Waals surface area contributed by atoms with Crippen LogP contribution in [-0.4, -0.2) is 45.4 Å². The van der Waals surface area contributed by atoms with Crippen LogP contribution in [0.25, 0.3) is 0 Å². The highest BCUT2D eigenvalue weighted by Crippen LogP contribution is 2.29. The smallest absolute Gasteiger partial charge is 0.262 e. The molecule has 2 rings (SSSR count). The summed E-state index contributed by atoms with van der Waals surface area (Å²) in [4.78, 5) is 12.7. The highest BCUT2D eigenvalue weighted by Gasteiger charge is 2.23. The van der Waals surface area contributed by atoms with Gasteiger partial charge in [0.2, 0.25) is 10.0 Å². The van der Waals surface area contributed by atoms with Crippen molar-refractivity contribution >= 4 is 21.6 Å². The molecule has 174 valence electrons. The molecule has 0 aliphatic heterocycles. The molecule has 7 nitrogen and oxygen atoms in total. The van der Waals surface area contributed by atoms with E-state index in [4.69, 9.17) is 9.47 Å². The van der Waals surface area contributed by atoms with Crippen molar-refractivity contribution in [2.24, 2.45) is 0 Å². The van der Waals surface area contributed by atoms with Gasteiger partial charge in [0.05, 0.1) is 12.0 Å². The van der Waals surface area contributed by atoms with Crippen LogP contribution in [-0.2, 0) is 21.2 Å². The normalized spacial score (nSPS) is 11.3. The lowest BCUT2D eigenvalue weighted by Crippen LogP contribution is -2.31. The standard InChI is InChI=1S/C24H32N2O5S/c1-7-10-19-11-12-22(23(14-19)30-6)31-16-24(27)25-21-15-20(13-17(4)18(21)5)32(28,29)26(8-2)9-3/h7,11-15H,1,8-10,16H2,2-6H3,(H,25,27). The van der Waals surface area contributed by atoms with Gasteiger partial charge in [0.1, 0.15) is 0 Å². The van der Waals surface area contributed by atoms with Crippen molar-refractivity contribution in [1.82, 2.24) is 4.31 Å². The topological polar surface area (TPSA) is 84.9 Å². The molecule has 0 atom stereocenters. The van der Waals surface area contributed by atoms with Gasteiger partial charge in [0.15, 0.2) is 18.1 Å². The highest BCUT2D eigenvalue weighted by molar-refractivity contribution is 7.89. The number of hydrogen-bond acceptors (Lipinski definition) is 5. The van der Waals surface area contributed by atoms with Crippen LogP contribution in [0.1, 0.15) is 30.5 Å². The van der Waals surface area contributed by atoms with E-state index in [1.807, 2.05) is 26.0 Å². The van der Waals surface area contributed by atoms with E-state index >= 15 is 0 Å². The predicted molar refractivity (Wildman–Crippen MR) is 127 cm³/mol. The summed E-state index contributed by atoms with van der Waals surface area (Å²) in [5.41, 5.74) is 3.03. The van der Waals surface area contributed by atoms with Crippen LogP contribution in [0.4, 0.5) is 5.69 Å². The predicted octanol–water partition coefficient (Wildman–Crippen LogP) is 4.09. The summed E-state index contributed by atoms with van der Waals surface area (Å²) in [5.74, 6) is 0.569. The van der Waals surface area contributed by atoms with Gasteiger partial charge >= 0.3 is 0 Å². The minimum Gasteiger partial charge on any atom is -0.493 e. The van der Waals surface area contributed by atoms with Crippen molar-refractivity contribution in [3.05, 3.63) is 59.7 Å². The maximum atomic E-state index is 12.9. The first-order valence-electron chi connectivity index (χ1n) is 10.5. The van der Waals surface area contributed by atoms with Crippen LogP contribution < -0.4 is 14.8 Å². The van der Waals surface area contributed by atoms with Crippen LogP contribution in [0.3, 0.4) is 0 Å². The molecule has 0 bridgehead atoms. The molecule has 2 aromatic rings. The summed E-state index contributed by atoms with van der Waals surface area (Å²) >= 11 is 0. The van der Waals surface area contributed by atoms with Crippen LogP contribution in [0.15, 0.2) is 47.9 Å². The number of aryl methyl sites for hydroxylation is 1. The lowest BCUT2D eigenvalue weighted by molar-refractivity contribution is -0.118. The average molecular weight is 461 g/mol. The van der Waals surface area contributed by atoms with Gasteiger partial charge in [-0.25, -0.2) is 8.42 Å². The second kappa shape index (κ2) is 11.2. The van der Waals surface area contributed by atoms with Crippen LogP contribution >= 0.6 is 0 Å². The molecule has 0 aliphatic carbocycles. The van der Waals surface area contributed by atoms with Crippen LogP contribution in [0, 0.1) is 13.8 Å². The number of amides is 1. The Morgan fingerprint density at radius 2 is 1.81 bits per heavy atom. The van der Waals surface area contributed by atoms with Gasteiger partial charge in [-0.1, -0.05) is 26.0 Å². The third-order valence-electron chi connectivity index (χ3n) is 5.22. The molecule has 1 N–H and O–H groups in total. The Hall–Kier alpha value is -2.84. The third kappa shape index (κ3) is 5.89. The SMILES string of the molecule is C=CCc1ccc(OCC(=O)Nc2cc(S(=O)(=O)N(CC)CC)cc(C)c2C)c(OC)c1. The second-order valence-corrected chi connectivity index (χ2v) is 9.25. The Morgan fingerprint density at radius 3 is 2.41 bits per heavy atom. The van der Waals surface area contributed by atoms with Crippen molar-refractivity contribution < 1.29 is 22.7 Å². The molecule has 0 saturated carbocycles. The van der Waals surface area contributed by atoms with E-state index in [1.54, 1.807) is 32.1 Å². The van der Waals surface area contributed by atoms with Crippen molar-refractivity contribution in [3.63, 3.8) is 0 Å². The van der Waals surface area contributed by atoms with Gasteiger partial charge in [-0.3, -0.25) is 4.79 Å². The molecule has 0 radical (unpaired) electrons. The summed E-state index contributed by atoms with van der Waals surface area (Å²) in [7, 11) is -2.11. The molecule has 0 fully saturated rings. The fraction of sp³-hybridized carbons (Fsp3) is 0.375. The van der Waals surface area contributed by atoms with E-state index < -0.39 is 15.9 Å². The lowest BCUT2D eigenvalue weighted by atomic mass is 10.1. The number of methoxy groups -OCH3 is 1. The molecular weight excluding hydrogens is 428 g/mol. The van der Waals surface area contributed by atoms with Crippen molar-refractivity contribution in [2.75, 3.05) is 32.1 Å². The number of carbonyl (C=O) groups excluding carboxylic acids is 1. The summed E-state index contributed by atoms with van der Waals surface area (Å²) in [6, 6.07) is 8.59. The van der Waals surface area contributed by atoms with Crippen LogP contribution in [0.5, 0.6) is 11.5 Å². The van der Waals surface area contributed by atoms with Gasteiger partial charge in [-0.15, -0.1) is 6.58 Å². The van der Waals surface area contributed by atoms with E-state index in [0.717, 1.165) is 16.7 Å². The summed E-state index contributed by atoms with van der Waals surface area (Å²) in [5, 5.41) is 2.78. The molecule has 32 heavy (non-hydrogen) atoms. The van der Waals surface area contributed by atoms with Crippen molar-refractivity contribution in [3.8, 4) is 11.5 Å². The molecule has 0 saturated heterocycles. The molecule has 8 heteroatoms. The zero-order valence-corrected chi connectivity index (χ0v) is 20.2. The minimum atomic E-state index is -3.64. The first-order chi connectivity index (χ1) is 15.2. The van der Waals surface area contributed by atoms with E-state index in [2.05, 4.69) is 11.9 Å². The quantitative estimate of drug-likeness (QED) is 0.511. The Balaban J connectivity index is 2.20. The zero-order valence-electron chi connectivity index (χ0n) is 19.4. The summed E-state index contributed by atoms with van der Waals surface area (Å²) in [6.45, 7) is 11.5. The number of nitrogens with zero attached hydrogens (tertiary/aromatic N) is 1. The van der Waals surface area contributed by atoms with Gasteiger partial charge in [-0.05, 0) is 61.2 Å². The minimum absolute atomic E-state index is 0.153. The molecule has 0 aromatic heterocycles. The fourth-order valence-electron chi connectivity index (χ4n) is 3.27. The Bertz CT molecular complexity index is 1080. The van der Waals surface area contributed by atoms with Gasteiger partial charge in [0, 0.05) is 18.8 Å². The fourth-order valence-corrected chi connectivity index (χ4v) is 4.84. The van der Waals surface area contributed by atoms with Crippen molar-refractivity contribution in [1.29, 1.82) is 0 Å². The molecular formula is C24H32N2O5S. The number of sulfonamides is 1. The average Bonchev–Trinajstić information content (AvgIpc) is 2.76. The van der Waals surface area contributed by atoms with Crippen molar-refractivity contribution in [2.45, 2.75) is 39.0 Å². The number of anilines is 1. The molecule has 2 aromatic carbocycles. The highest BCUT2D eigenvalue weighted by atomic mass is 32.2. The van der Waals surface area contributed by atoms with Gasteiger partial charge in [0.25, 0.3) is 5.91 Å². The van der Waals surface area contributed by atoms with Gasteiger partial charge < -0.3 is 14.8 Å². The number of hydrogen-bond donors (Lipinski definition) is 1. The molecule has 0 unspecified atom stereocenters. The molecule has 0 spiro atoms. The van der Waals surface area contributed by atoms with Crippen LogP contribution in [0.2, 0.25) is 0 Å². The molecule has 0 aliphatic rings. The Morgan fingerprint density at radius 1 is 1.12 bits per heavy atom. The largest absolute Gasteiger partial charge is 0.493 e. The Kier molecular flexibility index (Phi) is 8.86.